The number of hydrogen-bond acceptors (Lipinski definition) is 2. The van der Waals surface area contributed by atoms with Gasteiger partial charge in [-0.3, -0.25) is 4.79 Å². The first-order chi connectivity index (χ1) is 8.84. The summed E-state index contributed by atoms with van der Waals surface area (Å²) in [7, 11) is 2.01. The molecule has 1 heterocycles. The minimum absolute atomic E-state index is 0. The summed E-state index contributed by atoms with van der Waals surface area (Å²) >= 11 is 0. The zero-order valence-electron chi connectivity index (χ0n) is 13.9. The molecule has 0 bridgehead atoms. The van der Waals surface area contributed by atoms with E-state index in [1.807, 2.05) is 7.05 Å². The first kappa shape index (κ1) is 19.7. The lowest BCUT2D eigenvalue weighted by molar-refractivity contribution is -0.134. The maximum Gasteiger partial charge on any atom is 0.222 e. The van der Waals surface area contributed by atoms with Crippen LogP contribution in [-0.4, -0.2) is 37.5 Å². The van der Waals surface area contributed by atoms with E-state index in [1.54, 1.807) is 0 Å². The van der Waals surface area contributed by atoms with Crippen LogP contribution in [0.15, 0.2) is 0 Å². The maximum atomic E-state index is 12.3. The Bertz CT molecular complexity index is 281. The summed E-state index contributed by atoms with van der Waals surface area (Å²) in [6.07, 6.45) is 4.30. The summed E-state index contributed by atoms with van der Waals surface area (Å²) in [5.74, 6) is 1.60. The molecule has 4 heteroatoms. The van der Waals surface area contributed by atoms with E-state index in [9.17, 15) is 4.79 Å². The molecule has 0 aromatic heterocycles. The van der Waals surface area contributed by atoms with Gasteiger partial charge in [0.1, 0.15) is 0 Å². The van der Waals surface area contributed by atoms with E-state index in [4.69, 9.17) is 0 Å². The molecule has 20 heavy (non-hydrogen) atoms. The molecule has 1 aliphatic heterocycles. The van der Waals surface area contributed by atoms with Gasteiger partial charge in [0.15, 0.2) is 0 Å². The van der Waals surface area contributed by atoms with Crippen molar-refractivity contribution in [3.8, 4) is 0 Å². The Hall–Kier alpha value is -0.280. The molecule has 1 rings (SSSR count). The van der Waals surface area contributed by atoms with E-state index in [1.165, 1.54) is 19.3 Å². The number of nitrogens with zero attached hydrogens (tertiary/aromatic N) is 1. The highest BCUT2D eigenvalue weighted by Gasteiger charge is 2.27. The van der Waals surface area contributed by atoms with Crippen molar-refractivity contribution in [1.29, 1.82) is 0 Å². The van der Waals surface area contributed by atoms with Crippen molar-refractivity contribution >= 4 is 18.3 Å². The van der Waals surface area contributed by atoms with Crippen LogP contribution >= 0.6 is 12.4 Å². The number of piperidine rings is 1. The number of likely N-dealkylation sites (tertiary alicyclic amines) is 1. The fourth-order valence-electron chi connectivity index (χ4n) is 2.52. The van der Waals surface area contributed by atoms with E-state index in [0.717, 1.165) is 25.6 Å². The third-order valence-electron chi connectivity index (χ3n) is 4.73. The lowest BCUT2D eigenvalue weighted by atomic mass is 9.80. The van der Waals surface area contributed by atoms with Crippen LogP contribution in [0.1, 0.15) is 53.4 Å². The van der Waals surface area contributed by atoms with Gasteiger partial charge in [-0.15, -0.1) is 12.4 Å². The molecule has 0 spiro atoms. The number of carbonyl (C=O) groups is 1. The number of rotatable bonds is 5. The lowest BCUT2D eigenvalue weighted by Crippen LogP contribution is -2.40. The summed E-state index contributed by atoms with van der Waals surface area (Å²) in [5, 5.41) is 3.21. The van der Waals surface area contributed by atoms with Gasteiger partial charge in [-0.05, 0) is 50.1 Å². The molecular weight excluding hydrogens is 272 g/mol. The molecule has 3 nitrogen and oxygen atoms in total. The van der Waals surface area contributed by atoms with Crippen LogP contribution < -0.4 is 5.32 Å². The minimum Gasteiger partial charge on any atom is -0.343 e. The monoisotopic (exact) mass is 304 g/mol. The van der Waals surface area contributed by atoms with Gasteiger partial charge in [-0.25, -0.2) is 0 Å². The zero-order chi connectivity index (χ0) is 14.5. The van der Waals surface area contributed by atoms with Crippen molar-refractivity contribution in [2.75, 3.05) is 26.7 Å². The molecule has 0 radical (unpaired) electrons. The molecule has 0 saturated carbocycles. The van der Waals surface area contributed by atoms with Gasteiger partial charge in [0.05, 0.1) is 0 Å². The Morgan fingerprint density at radius 3 is 2.30 bits per heavy atom. The van der Waals surface area contributed by atoms with Crippen LogP contribution in [0.25, 0.3) is 0 Å². The largest absolute Gasteiger partial charge is 0.343 e. The van der Waals surface area contributed by atoms with Crippen LogP contribution in [0.3, 0.4) is 0 Å². The van der Waals surface area contributed by atoms with Crippen LogP contribution in [0, 0.1) is 17.3 Å². The third kappa shape index (κ3) is 6.45. The Morgan fingerprint density at radius 2 is 1.85 bits per heavy atom. The molecule has 1 amide bonds. The summed E-state index contributed by atoms with van der Waals surface area (Å²) in [5.41, 5.74) is 0.223. The normalized spacial score (nSPS) is 18.6. The number of hydrogen-bond donors (Lipinski definition) is 1. The fraction of sp³-hybridized carbons (Fsp3) is 0.938. The predicted octanol–water partition coefficient (Wildman–Crippen LogP) is 3.33. The van der Waals surface area contributed by atoms with Crippen LogP contribution in [0.5, 0.6) is 0 Å². The summed E-state index contributed by atoms with van der Waals surface area (Å²) in [6, 6.07) is 0. The van der Waals surface area contributed by atoms with E-state index < -0.39 is 0 Å². The number of carbonyl (C=O) groups excluding carboxylic acids is 1. The van der Waals surface area contributed by atoms with E-state index in [2.05, 4.69) is 37.9 Å². The second-order valence-corrected chi connectivity index (χ2v) is 7.19. The molecule has 0 aliphatic carbocycles. The van der Waals surface area contributed by atoms with Crippen molar-refractivity contribution < 1.29 is 4.79 Å². The van der Waals surface area contributed by atoms with Crippen molar-refractivity contribution in [3.05, 3.63) is 0 Å². The zero-order valence-corrected chi connectivity index (χ0v) is 14.7. The highest BCUT2D eigenvalue weighted by atomic mass is 35.5. The SMILES string of the molecule is CNCCC1CCN(C(=O)CC(C)C(C)(C)C)CC1.Cl. The second kappa shape index (κ2) is 8.89. The molecule has 0 aromatic carbocycles. The van der Waals surface area contributed by atoms with Crippen molar-refractivity contribution in [1.82, 2.24) is 10.2 Å². The van der Waals surface area contributed by atoms with Crippen LogP contribution in [-0.2, 0) is 4.79 Å². The van der Waals surface area contributed by atoms with Crippen molar-refractivity contribution in [2.45, 2.75) is 53.4 Å². The molecule has 1 aliphatic rings. The Balaban J connectivity index is 0.00000361. The average Bonchev–Trinajstić information content (AvgIpc) is 2.35. The van der Waals surface area contributed by atoms with Crippen LogP contribution in [0.2, 0.25) is 0 Å². The van der Waals surface area contributed by atoms with E-state index in [0.29, 0.717) is 18.2 Å². The molecular formula is C16H33ClN2O. The van der Waals surface area contributed by atoms with Crippen LogP contribution in [0.4, 0.5) is 0 Å². The third-order valence-corrected chi connectivity index (χ3v) is 4.73. The van der Waals surface area contributed by atoms with Gasteiger partial charge in [-0.2, -0.15) is 0 Å². The van der Waals surface area contributed by atoms with Gasteiger partial charge in [-0.1, -0.05) is 27.7 Å². The Labute approximate surface area is 131 Å². The number of halogens is 1. The number of amides is 1. The first-order valence-corrected chi connectivity index (χ1v) is 7.77. The highest BCUT2D eigenvalue weighted by Crippen LogP contribution is 2.29. The summed E-state index contributed by atoms with van der Waals surface area (Å²) in [6.45, 7) is 11.9. The van der Waals surface area contributed by atoms with Crippen molar-refractivity contribution in [3.63, 3.8) is 0 Å². The molecule has 120 valence electrons. The standard InChI is InChI=1S/C16H32N2O.ClH/c1-13(16(2,3)4)12-15(19)18-10-7-14(8-11-18)6-9-17-5;/h13-14,17H,6-12H2,1-5H3;1H. The molecule has 1 atom stereocenters. The second-order valence-electron chi connectivity index (χ2n) is 7.19. The lowest BCUT2D eigenvalue weighted by Gasteiger charge is -2.34. The van der Waals surface area contributed by atoms with Gasteiger partial charge in [0.25, 0.3) is 0 Å². The summed E-state index contributed by atoms with van der Waals surface area (Å²) in [4.78, 5) is 14.4. The molecule has 1 unspecified atom stereocenters. The highest BCUT2D eigenvalue weighted by molar-refractivity contribution is 5.85. The average molecular weight is 305 g/mol. The van der Waals surface area contributed by atoms with E-state index in [-0.39, 0.29) is 17.8 Å². The Kier molecular flexibility index (Phi) is 8.76. The fourth-order valence-corrected chi connectivity index (χ4v) is 2.52. The predicted molar refractivity (Wildman–Crippen MR) is 88.3 cm³/mol. The smallest absolute Gasteiger partial charge is 0.222 e. The van der Waals surface area contributed by atoms with Crippen molar-refractivity contribution in [2.24, 2.45) is 17.3 Å². The van der Waals surface area contributed by atoms with Gasteiger partial charge >= 0.3 is 0 Å². The quantitative estimate of drug-likeness (QED) is 0.845. The summed E-state index contributed by atoms with van der Waals surface area (Å²) < 4.78 is 0. The topological polar surface area (TPSA) is 32.3 Å². The van der Waals surface area contributed by atoms with Gasteiger partial charge in [0.2, 0.25) is 5.91 Å². The molecule has 1 saturated heterocycles. The van der Waals surface area contributed by atoms with Gasteiger partial charge < -0.3 is 10.2 Å². The molecule has 1 fully saturated rings. The van der Waals surface area contributed by atoms with E-state index >= 15 is 0 Å². The minimum atomic E-state index is 0. The van der Waals surface area contributed by atoms with Gasteiger partial charge in [0, 0.05) is 19.5 Å². The maximum absolute atomic E-state index is 12.3. The molecule has 1 N–H and O–H groups in total. The Morgan fingerprint density at radius 1 is 1.30 bits per heavy atom. The number of nitrogens with one attached hydrogen (secondary N) is 1. The first-order valence-electron chi connectivity index (χ1n) is 7.77. The molecule has 0 aromatic rings.